The van der Waals surface area contributed by atoms with Crippen LogP contribution in [0.2, 0.25) is 0 Å². The summed E-state index contributed by atoms with van der Waals surface area (Å²) in [5.74, 6) is 2.21. The van der Waals surface area contributed by atoms with E-state index in [4.69, 9.17) is 9.47 Å². The fraction of sp³-hybridized carbons (Fsp3) is 0.182. The summed E-state index contributed by atoms with van der Waals surface area (Å²) >= 11 is 0. The van der Waals surface area contributed by atoms with Crippen molar-refractivity contribution in [1.82, 2.24) is 14.5 Å². The van der Waals surface area contributed by atoms with Gasteiger partial charge in [-0.15, -0.1) is 0 Å². The molecule has 3 heterocycles. The number of benzene rings is 2. The molecule has 0 fully saturated rings. The molecule has 0 amide bonds. The highest BCUT2D eigenvalue weighted by molar-refractivity contribution is 5.83. The number of imidazole rings is 1. The predicted octanol–water partition coefficient (Wildman–Crippen LogP) is 5.00. The Morgan fingerprint density at radius 1 is 1.00 bits per heavy atom. The average molecular weight is 441 g/mol. The van der Waals surface area contributed by atoms with Gasteiger partial charge in [-0.2, -0.15) is 13.2 Å². The number of nitrogens with one attached hydrogen (secondary N) is 2. The van der Waals surface area contributed by atoms with Crippen LogP contribution in [0.25, 0.3) is 16.7 Å². The summed E-state index contributed by atoms with van der Waals surface area (Å²) < 4.78 is 52.5. The molecule has 32 heavy (non-hydrogen) atoms. The summed E-state index contributed by atoms with van der Waals surface area (Å²) in [5, 5.41) is 6.14. The van der Waals surface area contributed by atoms with Gasteiger partial charge in [0.1, 0.15) is 24.5 Å². The first-order valence-electron chi connectivity index (χ1n) is 9.83. The Hall–Kier alpha value is -3.95. The molecule has 0 aliphatic carbocycles. The average Bonchev–Trinajstić information content (AvgIpc) is 3.16. The van der Waals surface area contributed by atoms with Crippen molar-refractivity contribution in [3.05, 3.63) is 60.3 Å². The van der Waals surface area contributed by atoms with E-state index in [2.05, 4.69) is 20.6 Å². The van der Waals surface area contributed by atoms with Gasteiger partial charge in [0.2, 0.25) is 5.95 Å². The van der Waals surface area contributed by atoms with E-state index < -0.39 is 11.7 Å². The van der Waals surface area contributed by atoms with E-state index in [1.54, 1.807) is 36.0 Å². The van der Waals surface area contributed by atoms with Gasteiger partial charge in [-0.05, 0) is 30.3 Å². The van der Waals surface area contributed by atoms with Gasteiger partial charge in [0, 0.05) is 30.6 Å². The van der Waals surface area contributed by atoms with Gasteiger partial charge in [0.25, 0.3) is 0 Å². The van der Waals surface area contributed by atoms with Gasteiger partial charge in [-0.1, -0.05) is 6.07 Å². The molecule has 10 heteroatoms. The second kappa shape index (κ2) is 7.63. The SMILES string of the molecule is CNc1nc2cnc(Nc3ccc4c(c3)OCCO4)cc2n1-c1cccc(C(F)(F)F)c1. The quantitative estimate of drug-likeness (QED) is 0.465. The summed E-state index contributed by atoms with van der Waals surface area (Å²) in [5.41, 5.74) is 1.48. The predicted molar refractivity (Wildman–Crippen MR) is 114 cm³/mol. The van der Waals surface area contributed by atoms with Gasteiger partial charge in [0.15, 0.2) is 11.5 Å². The van der Waals surface area contributed by atoms with Crippen molar-refractivity contribution in [2.75, 3.05) is 30.9 Å². The molecule has 1 aliphatic rings. The molecule has 0 radical (unpaired) electrons. The smallest absolute Gasteiger partial charge is 0.416 e. The fourth-order valence-corrected chi connectivity index (χ4v) is 3.57. The molecule has 0 bridgehead atoms. The normalized spacial score (nSPS) is 13.2. The number of hydrogen-bond acceptors (Lipinski definition) is 6. The lowest BCUT2D eigenvalue weighted by atomic mass is 10.2. The van der Waals surface area contributed by atoms with E-state index >= 15 is 0 Å². The number of fused-ring (bicyclic) bond motifs is 2. The summed E-state index contributed by atoms with van der Waals surface area (Å²) in [6.45, 7) is 0.981. The van der Waals surface area contributed by atoms with E-state index in [0.717, 1.165) is 17.8 Å². The van der Waals surface area contributed by atoms with Crippen molar-refractivity contribution in [3.8, 4) is 17.2 Å². The van der Waals surface area contributed by atoms with Crippen LogP contribution < -0.4 is 20.1 Å². The summed E-state index contributed by atoms with van der Waals surface area (Å²) in [4.78, 5) is 8.84. The molecule has 7 nitrogen and oxygen atoms in total. The second-order valence-electron chi connectivity index (χ2n) is 7.11. The van der Waals surface area contributed by atoms with E-state index in [1.807, 2.05) is 12.1 Å². The molecule has 2 aromatic carbocycles. The van der Waals surface area contributed by atoms with Crippen LogP contribution in [-0.2, 0) is 6.18 Å². The lowest BCUT2D eigenvalue weighted by molar-refractivity contribution is -0.137. The Balaban J connectivity index is 1.55. The Kier molecular flexibility index (Phi) is 4.76. The molecule has 4 aromatic rings. The molecule has 164 valence electrons. The highest BCUT2D eigenvalue weighted by Crippen LogP contribution is 2.35. The zero-order valence-electron chi connectivity index (χ0n) is 16.9. The van der Waals surface area contributed by atoms with Crippen molar-refractivity contribution in [3.63, 3.8) is 0 Å². The minimum Gasteiger partial charge on any atom is -0.486 e. The second-order valence-corrected chi connectivity index (χ2v) is 7.11. The Morgan fingerprint density at radius 2 is 1.81 bits per heavy atom. The standard InChI is InChI=1S/C22H18F3N5O2/c1-26-21-29-16-12-27-20(28-14-5-6-18-19(10-14)32-8-7-31-18)11-17(16)30(21)15-4-2-3-13(9-15)22(23,24)25/h2-6,9-12H,7-8H2,1H3,(H,26,29)(H,27,28). The van der Waals surface area contributed by atoms with Crippen LogP contribution in [0.1, 0.15) is 5.56 Å². The first kappa shape index (κ1) is 20.0. The zero-order valence-corrected chi connectivity index (χ0v) is 16.9. The lowest BCUT2D eigenvalue weighted by Gasteiger charge is -2.19. The topological polar surface area (TPSA) is 73.2 Å². The Bertz CT molecular complexity index is 1300. The number of ether oxygens (including phenoxy) is 2. The number of nitrogens with zero attached hydrogens (tertiary/aromatic N) is 3. The van der Waals surface area contributed by atoms with Crippen molar-refractivity contribution in [1.29, 1.82) is 0 Å². The molecule has 1 aliphatic heterocycles. The summed E-state index contributed by atoms with van der Waals surface area (Å²) in [7, 11) is 1.66. The first-order valence-corrected chi connectivity index (χ1v) is 9.83. The molecule has 5 rings (SSSR count). The first-order chi connectivity index (χ1) is 15.4. The van der Waals surface area contributed by atoms with Crippen LogP contribution in [0.5, 0.6) is 11.5 Å². The van der Waals surface area contributed by atoms with Gasteiger partial charge in [0.05, 0.1) is 17.3 Å². The highest BCUT2D eigenvalue weighted by Gasteiger charge is 2.31. The number of alkyl halides is 3. The van der Waals surface area contributed by atoms with Crippen molar-refractivity contribution < 1.29 is 22.6 Å². The van der Waals surface area contributed by atoms with E-state index in [-0.39, 0.29) is 0 Å². The molecule has 0 saturated heterocycles. The number of pyridine rings is 1. The van der Waals surface area contributed by atoms with Gasteiger partial charge < -0.3 is 20.1 Å². The van der Waals surface area contributed by atoms with Crippen molar-refractivity contribution in [2.45, 2.75) is 6.18 Å². The molecule has 0 atom stereocenters. The lowest BCUT2D eigenvalue weighted by Crippen LogP contribution is -2.15. The maximum Gasteiger partial charge on any atom is 0.416 e. The Labute approximate surface area is 180 Å². The maximum absolute atomic E-state index is 13.3. The van der Waals surface area contributed by atoms with Gasteiger partial charge >= 0.3 is 6.18 Å². The van der Waals surface area contributed by atoms with Crippen LogP contribution >= 0.6 is 0 Å². The number of hydrogen-bond donors (Lipinski definition) is 2. The minimum absolute atomic E-state index is 0.336. The van der Waals surface area contributed by atoms with Gasteiger partial charge in [-0.3, -0.25) is 4.57 Å². The number of aromatic nitrogens is 3. The minimum atomic E-state index is -4.45. The molecule has 2 aromatic heterocycles. The van der Waals surface area contributed by atoms with Crippen LogP contribution in [0.4, 0.5) is 30.6 Å². The molecular weight excluding hydrogens is 423 g/mol. The van der Waals surface area contributed by atoms with Crippen LogP contribution in [0.15, 0.2) is 54.7 Å². The third kappa shape index (κ3) is 3.64. The van der Waals surface area contributed by atoms with E-state index in [9.17, 15) is 13.2 Å². The third-order valence-corrected chi connectivity index (χ3v) is 5.01. The molecule has 2 N–H and O–H groups in total. The van der Waals surface area contributed by atoms with Crippen molar-refractivity contribution >= 4 is 28.5 Å². The molecular formula is C22H18F3N5O2. The zero-order chi connectivity index (χ0) is 22.3. The number of anilines is 3. The largest absolute Gasteiger partial charge is 0.486 e. The van der Waals surface area contributed by atoms with E-state index in [1.165, 1.54) is 6.07 Å². The Morgan fingerprint density at radius 3 is 2.59 bits per heavy atom. The monoisotopic (exact) mass is 441 g/mol. The van der Waals surface area contributed by atoms with Crippen LogP contribution in [-0.4, -0.2) is 34.8 Å². The van der Waals surface area contributed by atoms with Gasteiger partial charge in [-0.25, -0.2) is 9.97 Å². The molecule has 0 unspecified atom stereocenters. The van der Waals surface area contributed by atoms with E-state index in [0.29, 0.717) is 53.2 Å². The molecule has 0 saturated carbocycles. The van der Waals surface area contributed by atoms with Crippen LogP contribution in [0, 0.1) is 0 Å². The fourth-order valence-electron chi connectivity index (χ4n) is 3.57. The third-order valence-electron chi connectivity index (χ3n) is 5.01. The van der Waals surface area contributed by atoms with Crippen molar-refractivity contribution in [2.24, 2.45) is 0 Å². The number of rotatable bonds is 4. The van der Waals surface area contributed by atoms with Crippen LogP contribution in [0.3, 0.4) is 0 Å². The number of halogens is 3. The highest BCUT2D eigenvalue weighted by atomic mass is 19.4. The summed E-state index contributed by atoms with van der Waals surface area (Å²) in [6, 6.07) is 12.3. The summed E-state index contributed by atoms with van der Waals surface area (Å²) in [6.07, 6.45) is -2.88. The molecule has 0 spiro atoms. The maximum atomic E-state index is 13.3.